The van der Waals surface area contributed by atoms with Crippen molar-refractivity contribution in [3.8, 4) is 23.2 Å². The van der Waals surface area contributed by atoms with Gasteiger partial charge in [-0.15, -0.1) is 11.3 Å². The molecule has 0 radical (unpaired) electrons. The number of amides is 1. The zero-order chi connectivity index (χ0) is 36.6. The minimum atomic E-state index is -5.12. The van der Waals surface area contributed by atoms with Gasteiger partial charge in [0, 0.05) is 55.4 Å². The number of carbonyl (C=O) groups excluding carboxylic acids is 1. The summed E-state index contributed by atoms with van der Waals surface area (Å²) in [6.07, 6.45) is -3.71. The number of hydrogen-bond donors (Lipinski definition) is 1. The van der Waals surface area contributed by atoms with E-state index in [1.54, 1.807) is 23.8 Å². The highest BCUT2D eigenvalue weighted by Crippen LogP contribution is 2.48. The Hall–Kier alpha value is -4.36. The molecule has 3 fully saturated rings. The van der Waals surface area contributed by atoms with Crippen molar-refractivity contribution in [2.45, 2.75) is 75.9 Å². The minimum absolute atomic E-state index is 0.0197. The highest BCUT2D eigenvalue weighted by molar-refractivity contribution is 7.23. The first kappa shape index (κ1) is 35.1. The summed E-state index contributed by atoms with van der Waals surface area (Å²) in [7, 11) is 1.62. The Balaban J connectivity index is 1.45. The fourth-order valence-corrected chi connectivity index (χ4v) is 9.27. The monoisotopic (exact) mass is 731 g/mol. The van der Waals surface area contributed by atoms with E-state index in [1.807, 2.05) is 17.9 Å². The molecule has 0 bridgehead atoms. The summed E-state index contributed by atoms with van der Waals surface area (Å²) in [5.74, 6) is -2.33. The molecule has 7 rings (SSSR count). The third-order valence-corrected chi connectivity index (χ3v) is 11.8. The van der Waals surface area contributed by atoms with E-state index in [2.05, 4.69) is 9.97 Å². The van der Waals surface area contributed by atoms with Crippen molar-refractivity contribution < 1.29 is 35.9 Å². The number of nitriles is 1. The quantitative estimate of drug-likeness (QED) is 0.202. The van der Waals surface area contributed by atoms with Gasteiger partial charge in [-0.2, -0.15) is 28.4 Å². The van der Waals surface area contributed by atoms with Gasteiger partial charge in [0.1, 0.15) is 41.0 Å². The van der Waals surface area contributed by atoms with Crippen LogP contribution in [0, 0.1) is 23.0 Å². The van der Waals surface area contributed by atoms with Crippen molar-refractivity contribution >= 4 is 49.1 Å². The van der Waals surface area contributed by atoms with E-state index in [4.69, 9.17) is 10.5 Å². The number of ether oxygens (including phenoxy) is 1. The van der Waals surface area contributed by atoms with E-state index in [1.165, 1.54) is 0 Å². The molecule has 4 atom stereocenters. The number of nitrogen functional groups attached to an aromatic ring is 1. The first-order valence-corrected chi connectivity index (χ1v) is 17.6. The number of fused-ring (bicyclic) bond motifs is 3. The van der Waals surface area contributed by atoms with Crippen LogP contribution in [0.25, 0.3) is 32.1 Å². The Morgan fingerprint density at radius 2 is 2.02 bits per heavy atom. The molecule has 16 heteroatoms. The molecule has 270 valence electrons. The van der Waals surface area contributed by atoms with Gasteiger partial charge in [-0.1, -0.05) is 13.0 Å². The number of rotatable bonds is 7. The van der Waals surface area contributed by atoms with E-state index in [-0.39, 0.29) is 81.4 Å². The predicted molar refractivity (Wildman–Crippen MR) is 181 cm³/mol. The second-order valence-corrected chi connectivity index (χ2v) is 14.7. The number of anilines is 2. The zero-order valence-electron chi connectivity index (χ0n) is 28.1. The maximum absolute atomic E-state index is 17.1. The normalized spacial score (nSPS) is 23.7. The SMILES string of the molecule is CCC(=O)N1CC[C@@H](N(C)c2nc(OC[C@@]34CCCN3C[C@H](F)C4)nc3c(F)c(-c4ccc(F)c5sc(N)c(C#N)c45)c(C(F)(F)F)cc23)[C@@H]1C. The molecule has 9 nitrogen and oxygen atoms in total. The molecule has 0 unspecified atom stereocenters. The molecule has 51 heavy (non-hydrogen) atoms. The number of hydrogen-bond acceptors (Lipinski definition) is 9. The smallest absolute Gasteiger partial charge is 0.417 e. The number of likely N-dealkylation sites (N-methyl/N-ethyl adjacent to an activating group) is 1. The van der Waals surface area contributed by atoms with Crippen LogP contribution in [0.2, 0.25) is 0 Å². The Labute approximate surface area is 293 Å². The van der Waals surface area contributed by atoms with Crippen molar-refractivity contribution in [2.75, 3.05) is 43.9 Å². The molecule has 1 amide bonds. The fraction of sp³-hybridized carbons (Fsp3) is 0.486. The molecular weight excluding hydrogens is 696 g/mol. The average Bonchev–Trinajstić information content (AvgIpc) is 3.83. The maximum Gasteiger partial charge on any atom is 0.417 e. The zero-order valence-corrected chi connectivity index (χ0v) is 28.9. The summed E-state index contributed by atoms with van der Waals surface area (Å²) in [6.45, 7) is 4.91. The maximum atomic E-state index is 17.1. The summed E-state index contributed by atoms with van der Waals surface area (Å²) in [5, 5.41) is 9.21. The highest BCUT2D eigenvalue weighted by atomic mass is 32.1. The summed E-state index contributed by atoms with van der Waals surface area (Å²) in [6, 6.07) is 3.42. The lowest BCUT2D eigenvalue weighted by Gasteiger charge is -2.33. The lowest BCUT2D eigenvalue weighted by molar-refractivity contribution is -0.137. The van der Waals surface area contributed by atoms with Gasteiger partial charge in [0.05, 0.1) is 27.4 Å². The van der Waals surface area contributed by atoms with Crippen LogP contribution in [0.15, 0.2) is 18.2 Å². The molecule has 5 heterocycles. The number of halogens is 6. The third-order valence-electron chi connectivity index (χ3n) is 10.8. The Morgan fingerprint density at radius 3 is 2.73 bits per heavy atom. The van der Waals surface area contributed by atoms with Crippen LogP contribution in [-0.4, -0.2) is 82.8 Å². The predicted octanol–water partition coefficient (Wildman–Crippen LogP) is 7.05. The molecule has 2 aromatic heterocycles. The molecule has 3 aliphatic heterocycles. The number of benzene rings is 2. The van der Waals surface area contributed by atoms with Crippen LogP contribution >= 0.6 is 11.3 Å². The van der Waals surface area contributed by atoms with E-state index < -0.39 is 52.2 Å². The van der Waals surface area contributed by atoms with Gasteiger partial charge in [0.25, 0.3) is 0 Å². The average molecular weight is 732 g/mol. The molecule has 0 spiro atoms. The van der Waals surface area contributed by atoms with Crippen molar-refractivity contribution in [2.24, 2.45) is 0 Å². The number of thiophene rings is 1. The van der Waals surface area contributed by atoms with Crippen LogP contribution < -0.4 is 15.4 Å². The van der Waals surface area contributed by atoms with E-state index >= 15 is 17.6 Å². The summed E-state index contributed by atoms with van der Waals surface area (Å²) in [5.41, 5.74) is 1.88. The van der Waals surface area contributed by atoms with Gasteiger partial charge in [-0.05, 0) is 50.4 Å². The van der Waals surface area contributed by atoms with Crippen LogP contribution in [0.3, 0.4) is 0 Å². The van der Waals surface area contributed by atoms with E-state index in [0.717, 1.165) is 24.6 Å². The molecule has 3 aliphatic rings. The number of likely N-dealkylation sites (tertiary alicyclic amines) is 1. The van der Waals surface area contributed by atoms with E-state index in [0.29, 0.717) is 37.3 Å². The Morgan fingerprint density at radius 1 is 1.25 bits per heavy atom. The summed E-state index contributed by atoms with van der Waals surface area (Å²) in [4.78, 5) is 26.9. The number of alkyl halides is 4. The van der Waals surface area contributed by atoms with Crippen LogP contribution in [0.5, 0.6) is 6.01 Å². The van der Waals surface area contributed by atoms with Gasteiger partial charge < -0.3 is 20.3 Å². The van der Waals surface area contributed by atoms with Crippen LogP contribution in [0.4, 0.5) is 37.2 Å². The molecule has 2 N–H and O–H groups in total. The Kier molecular flexibility index (Phi) is 8.73. The molecule has 0 saturated carbocycles. The standard InChI is InChI=1S/C35H35F6N7O2S/c1-4-25(49)48-11-8-24(17(48)2)46(3)32-20-12-22(35(39,40)41)27(19-6-7-23(37)30-26(19)21(14-42)31(43)51-30)28(38)29(20)44-33(45-32)50-16-34-9-5-10-47(34)15-18(36)13-34/h6-7,12,17-18,24H,4-5,8-11,13,15-16,43H2,1-3H3/t17-,18+,24+,34-/m0/s1. The van der Waals surface area contributed by atoms with Gasteiger partial charge in [0.2, 0.25) is 5.91 Å². The Bertz CT molecular complexity index is 2100. The van der Waals surface area contributed by atoms with Crippen molar-refractivity contribution in [3.63, 3.8) is 0 Å². The second-order valence-electron chi connectivity index (χ2n) is 13.6. The van der Waals surface area contributed by atoms with Crippen molar-refractivity contribution in [3.05, 3.63) is 41.0 Å². The molecule has 4 aromatic rings. The summed E-state index contributed by atoms with van der Waals surface area (Å²) >= 11 is 0.680. The van der Waals surface area contributed by atoms with Gasteiger partial charge in [-0.25, -0.2) is 13.2 Å². The van der Waals surface area contributed by atoms with Crippen molar-refractivity contribution in [1.82, 2.24) is 19.8 Å². The number of nitrogens with zero attached hydrogens (tertiary/aromatic N) is 6. The topological polar surface area (TPSA) is 112 Å². The third kappa shape index (κ3) is 5.69. The highest BCUT2D eigenvalue weighted by Gasteiger charge is 2.49. The number of carbonyl (C=O) groups is 1. The summed E-state index contributed by atoms with van der Waals surface area (Å²) < 4.78 is 97.6. The lowest BCUT2D eigenvalue weighted by Crippen LogP contribution is -2.44. The molecule has 0 aliphatic carbocycles. The number of nitrogens with two attached hydrogens (primary N) is 1. The van der Waals surface area contributed by atoms with Gasteiger partial charge in [-0.3, -0.25) is 9.69 Å². The van der Waals surface area contributed by atoms with Crippen LogP contribution in [-0.2, 0) is 11.0 Å². The largest absolute Gasteiger partial charge is 0.461 e. The minimum Gasteiger partial charge on any atom is -0.461 e. The van der Waals surface area contributed by atoms with E-state index in [9.17, 15) is 18.8 Å². The molecule has 3 saturated heterocycles. The first-order valence-electron chi connectivity index (χ1n) is 16.8. The first-order chi connectivity index (χ1) is 24.2. The van der Waals surface area contributed by atoms with Crippen LogP contribution in [0.1, 0.15) is 57.1 Å². The number of aromatic nitrogens is 2. The van der Waals surface area contributed by atoms with Crippen molar-refractivity contribution in [1.29, 1.82) is 5.26 Å². The second kappa shape index (κ2) is 12.7. The lowest BCUT2D eigenvalue weighted by atomic mass is 9.92. The van der Waals surface area contributed by atoms with Gasteiger partial charge >= 0.3 is 12.2 Å². The molecule has 2 aromatic carbocycles. The fourth-order valence-electron chi connectivity index (χ4n) is 8.32. The van der Waals surface area contributed by atoms with Gasteiger partial charge in [0.15, 0.2) is 5.82 Å². The molecular formula is C35H35F6N7O2S.